The molecule has 3 heteroatoms. The summed E-state index contributed by atoms with van der Waals surface area (Å²) in [6.07, 6.45) is 0. The molecule has 0 N–H and O–H groups in total. The normalized spacial score (nSPS) is 12.9. The molecule has 17 heavy (non-hydrogen) atoms. The van der Waals surface area contributed by atoms with Crippen molar-refractivity contribution in [2.24, 2.45) is 0 Å². The Hall–Kier alpha value is -0.643. The minimum absolute atomic E-state index is 0.0174. The molecule has 0 aromatic heterocycles. The van der Waals surface area contributed by atoms with E-state index in [1.54, 1.807) is 0 Å². The molecule has 0 saturated carbocycles. The number of rotatable bonds is 8. The van der Waals surface area contributed by atoms with E-state index >= 15 is 0 Å². The summed E-state index contributed by atoms with van der Waals surface area (Å²) in [4.78, 5) is 0. The number of benzene rings is 1. The molecule has 1 rings (SSSR count). The third-order valence-corrected chi connectivity index (χ3v) is 4.11. The molecule has 2 nitrogen and oxygen atoms in total. The second-order valence-corrected chi connectivity index (χ2v) is 5.25. The van der Waals surface area contributed by atoms with E-state index < -0.39 is 0 Å². The van der Waals surface area contributed by atoms with Crippen LogP contribution in [0, 0.1) is 0 Å². The van der Waals surface area contributed by atoms with Crippen molar-refractivity contribution in [3.8, 4) is 0 Å². The molecule has 0 spiro atoms. The van der Waals surface area contributed by atoms with Gasteiger partial charge in [0.15, 0.2) is 0 Å². The molecule has 0 aliphatic carbocycles. The van der Waals surface area contributed by atoms with Gasteiger partial charge in [0.05, 0.1) is 0 Å². The summed E-state index contributed by atoms with van der Waals surface area (Å²) in [5.41, 5.74) is 1.40. The molecule has 1 atom stereocenters. The first kappa shape index (κ1) is 14.4. The predicted molar refractivity (Wildman–Crippen MR) is 72.5 cm³/mol. The molecule has 94 valence electrons. The smallest absolute Gasteiger partial charge is 0.137 e. The van der Waals surface area contributed by atoms with Gasteiger partial charge in [-0.15, -0.1) is 0 Å². The van der Waals surface area contributed by atoms with Crippen LogP contribution in [0.1, 0.15) is 32.3 Å². The first-order chi connectivity index (χ1) is 8.27. The molecule has 1 aromatic rings. The molecule has 2 radical (unpaired) electrons. The van der Waals surface area contributed by atoms with Crippen molar-refractivity contribution < 1.29 is 9.47 Å². The molecule has 0 aliphatic heterocycles. The Balaban J connectivity index is 2.38. The average molecular weight is 250 g/mol. The molecule has 0 saturated heterocycles. The third-order valence-electron chi connectivity index (χ3n) is 2.60. The second kappa shape index (κ2) is 8.45. The van der Waals surface area contributed by atoms with Crippen LogP contribution in [0.25, 0.3) is 0 Å². The van der Waals surface area contributed by atoms with Crippen molar-refractivity contribution in [2.45, 2.75) is 38.6 Å². The summed E-state index contributed by atoms with van der Waals surface area (Å²) in [5.74, 6) is 0.550. The Labute approximate surface area is 107 Å². The highest BCUT2D eigenvalue weighted by molar-refractivity contribution is 6.36. The van der Waals surface area contributed by atoms with Crippen molar-refractivity contribution >= 4 is 9.52 Å². The van der Waals surface area contributed by atoms with Crippen molar-refractivity contribution in [3.05, 3.63) is 35.9 Å². The van der Waals surface area contributed by atoms with Crippen LogP contribution in [0.4, 0.5) is 0 Å². The Morgan fingerprint density at radius 3 is 2.18 bits per heavy atom. The SMILES string of the molecule is CCOC(OCC)[Si]CC(C)c1ccccc1. The van der Waals surface area contributed by atoms with Gasteiger partial charge < -0.3 is 9.47 Å². The molecule has 0 bridgehead atoms. The van der Waals surface area contributed by atoms with Gasteiger partial charge in [-0.25, -0.2) is 0 Å². The van der Waals surface area contributed by atoms with E-state index in [2.05, 4.69) is 37.3 Å². The standard InChI is InChI=1S/C14H22O2Si/c1-4-15-14(16-5-2)17-11-12(3)13-9-7-6-8-10-13/h6-10,12,14H,4-5,11H2,1-3H3. The maximum absolute atomic E-state index is 5.56. The molecular weight excluding hydrogens is 228 g/mol. The highest BCUT2D eigenvalue weighted by atomic mass is 28.2. The topological polar surface area (TPSA) is 18.5 Å². The van der Waals surface area contributed by atoms with Crippen LogP contribution in [0.2, 0.25) is 6.04 Å². The molecule has 1 aromatic carbocycles. The van der Waals surface area contributed by atoms with E-state index in [9.17, 15) is 0 Å². The van der Waals surface area contributed by atoms with Gasteiger partial charge in [0.1, 0.15) is 15.4 Å². The highest BCUT2D eigenvalue weighted by Gasteiger charge is 2.13. The summed E-state index contributed by atoms with van der Waals surface area (Å²) in [5, 5.41) is 0. The number of hydrogen-bond donors (Lipinski definition) is 0. The summed E-state index contributed by atoms with van der Waals surface area (Å²) in [6, 6.07) is 11.7. The van der Waals surface area contributed by atoms with E-state index in [1.165, 1.54) is 5.56 Å². The zero-order chi connectivity index (χ0) is 12.5. The van der Waals surface area contributed by atoms with E-state index in [0.29, 0.717) is 15.4 Å². The molecule has 0 fully saturated rings. The summed E-state index contributed by atoms with van der Waals surface area (Å²) >= 11 is 0. The lowest BCUT2D eigenvalue weighted by atomic mass is 10.0. The molecule has 1 unspecified atom stereocenters. The van der Waals surface area contributed by atoms with Crippen LogP contribution in [-0.2, 0) is 9.47 Å². The lowest BCUT2D eigenvalue weighted by molar-refractivity contribution is -0.0828. The summed E-state index contributed by atoms with van der Waals surface area (Å²) in [6.45, 7) is 7.72. The Morgan fingerprint density at radius 1 is 1.06 bits per heavy atom. The predicted octanol–water partition coefficient (Wildman–Crippen LogP) is 3.27. The lowest BCUT2D eigenvalue weighted by Crippen LogP contribution is -2.25. The van der Waals surface area contributed by atoms with Crippen LogP contribution in [0.5, 0.6) is 0 Å². The monoisotopic (exact) mass is 250 g/mol. The average Bonchev–Trinajstić information content (AvgIpc) is 2.37. The second-order valence-electron chi connectivity index (χ2n) is 3.96. The maximum Gasteiger partial charge on any atom is 0.137 e. The molecule has 0 heterocycles. The first-order valence-electron chi connectivity index (χ1n) is 6.29. The fraction of sp³-hybridized carbons (Fsp3) is 0.571. The van der Waals surface area contributed by atoms with Crippen molar-refractivity contribution in [3.63, 3.8) is 0 Å². The Bertz CT molecular complexity index is 284. The van der Waals surface area contributed by atoms with Gasteiger partial charge in [-0.05, 0) is 31.4 Å². The first-order valence-corrected chi connectivity index (χ1v) is 7.57. The third kappa shape index (κ3) is 5.48. The number of ether oxygens (including phenoxy) is 2. The van der Waals surface area contributed by atoms with Crippen molar-refractivity contribution in [1.29, 1.82) is 0 Å². The quantitative estimate of drug-likeness (QED) is 0.521. The highest BCUT2D eigenvalue weighted by Crippen LogP contribution is 2.19. The van der Waals surface area contributed by atoms with Gasteiger partial charge in [-0.1, -0.05) is 37.3 Å². The fourth-order valence-electron chi connectivity index (χ4n) is 1.64. The van der Waals surface area contributed by atoms with Gasteiger partial charge >= 0.3 is 0 Å². The van der Waals surface area contributed by atoms with E-state index in [4.69, 9.17) is 9.47 Å². The van der Waals surface area contributed by atoms with Crippen LogP contribution in [0.15, 0.2) is 30.3 Å². The Morgan fingerprint density at radius 2 is 1.65 bits per heavy atom. The van der Waals surface area contributed by atoms with Crippen LogP contribution in [-0.4, -0.2) is 28.6 Å². The minimum Gasteiger partial charge on any atom is -0.357 e. The lowest BCUT2D eigenvalue weighted by Gasteiger charge is -2.18. The van der Waals surface area contributed by atoms with Gasteiger partial charge in [0, 0.05) is 13.2 Å². The van der Waals surface area contributed by atoms with Crippen LogP contribution >= 0.6 is 0 Å². The van der Waals surface area contributed by atoms with E-state index in [1.807, 2.05) is 13.8 Å². The van der Waals surface area contributed by atoms with Crippen LogP contribution < -0.4 is 0 Å². The summed E-state index contributed by atoms with van der Waals surface area (Å²) < 4.78 is 11.1. The van der Waals surface area contributed by atoms with Crippen molar-refractivity contribution in [1.82, 2.24) is 0 Å². The fourth-order valence-corrected chi connectivity index (χ4v) is 2.99. The van der Waals surface area contributed by atoms with Gasteiger partial charge in [-0.2, -0.15) is 0 Å². The number of hydrogen-bond acceptors (Lipinski definition) is 2. The Kier molecular flexibility index (Phi) is 7.16. The van der Waals surface area contributed by atoms with Crippen LogP contribution in [0.3, 0.4) is 0 Å². The molecular formula is C14H22O2Si. The molecule has 0 aliphatic rings. The van der Waals surface area contributed by atoms with Gasteiger partial charge in [0.25, 0.3) is 0 Å². The van der Waals surface area contributed by atoms with E-state index in [0.717, 1.165) is 19.3 Å². The van der Waals surface area contributed by atoms with Gasteiger partial charge in [0.2, 0.25) is 0 Å². The minimum atomic E-state index is -0.0174. The largest absolute Gasteiger partial charge is 0.357 e. The maximum atomic E-state index is 5.56. The summed E-state index contributed by atoms with van der Waals surface area (Å²) in [7, 11) is 0.698. The zero-order valence-electron chi connectivity index (χ0n) is 11.0. The molecule has 0 amide bonds. The van der Waals surface area contributed by atoms with Gasteiger partial charge in [-0.3, -0.25) is 0 Å². The zero-order valence-corrected chi connectivity index (χ0v) is 12.0. The van der Waals surface area contributed by atoms with E-state index in [-0.39, 0.29) is 5.91 Å². The van der Waals surface area contributed by atoms with Crippen molar-refractivity contribution in [2.75, 3.05) is 13.2 Å².